The summed E-state index contributed by atoms with van der Waals surface area (Å²) in [5, 5.41) is 3.70. The van der Waals surface area contributed by atoms with Gasteiger partial charge in [0.15, 0.2) is 5.76 Å². The van der Waals surface area contributed by atoms with E-state index < -0.39 is 11.7 Å². The van der Waals surface area contributed by atoms with Crippen molar-refractivity contribution >= 4 is 5.69 Å². The number of piperidine rings is 1. The number of aromatic nitrogens is 1. The summed E-state index contributed by atoms with van der Waals surface area (Å²) in [6.45, 7) is 1.37. The number of nitrogens with zero attached hydrogens (tertiary/aromatic N) is 2. The Morgan fingerprint density at radius 1 is 1.18 bits per heavy atom. The summed E-state index contributed by atoms with van der Waals surface area (Å²) < 4.78 is 44.7. The van der Waals surface area contributed by atoms with Gasteiger partial charge in [0.25, 0.3) is 0 Å². The topological polar surface area (TPSA) is 55.3 Å². The molecule has 1 aromatic carbocycles. The molecule has 0 bridgehead atoms. The molecule has 3 rings (SSSR count). The van der Waals surface area contributed by atoms with E-state index in [0.29, 0.717) is 18.8 Å². The van der Waals surface area contributed by atoms with E-state index in [9.17, 15) is 13.2 Å². The second-order valence-corrected chi connectivity index (χ2v) is 5.41. The minimum absolute atomic E-state index is 0.0115. The van der Waals surface area contributed by atoms with Crippen LogP contribution in [0.25, 0.3) is 11.3 Å². The molecule has 0 amide bonds. The predicted molar refractivity (Wildman–Crippen MR) is 76.4 cm³/mol. The van der Waals surface area contributed by atoms with Gasteiger partial charge >= 0.3 is 6.18 Å². The first kappa shape index (κ1) is 14.9. The Morgan fingerprint density at radius 2 is 1.86 bits per heavy atom. The molecule has 2 N–H and O–H groups in total. The summed E-state index contributed by atoms with van der Waals surface area (Å²) in [5.74, 6) is 0.156. The molecule has 118 valence electrons. The van der Waals surface area contributed by atoms with Crippen LogP contribution in [-0.2, 0) is 6.18 Å². The van der Waals surface area contributed by atoms with E-state index in [2.05, 4.69) is 5.16 Å². The van der Waals surface area contributed by atoms with Gasteiger partial charge < -0.3 is 15.2 Å². The van der Waals surface area contributed by atoms with E-state index in [1.807, 2.05) is 4.90 Å². The third-order valence-corrected chi connectivity index (χ3v) is 3.91. The molecule has 1 aliphatic rings. The molecule has 2 aromatic rings. The van der Waals surface area contributed by atoms with Gasteiger partial charge in [-0.2, -0.15) is 13.2 Å². The van der Waals surface area contributed by atoms with Crippen LogP contribution in [0.15, 0.2) is 35.0 Å². The first-order valence-corrected chi connectivity index (χ1v) is 7.08. The monoisotopic (exact) mass is 311 g/mol. The third-order valence-electron chi connectivity index (χ3n) is 3.91. The molecule has 4 nitrogen and oxygen atoms in total. The van der Waals surface area contributed by atoms with Crippen molar-refractivity contribution in [2.75, 3.05) is 18.0 Å². The van der Waals surface area contributed by atoms with Crippen LogP contribution in [0.3, 0.4) is 0 Å². The van der Waals surface area contributed by atoms with E-state index >= 15 is 0 Å². The molecule has 7 heteroatoms. The Labute approximate surface area is 125 Å². The number of benzene rings is 1. The number of halogens is 3. The highest BCUT2D eigenvalue weighted by Gasteiger charge is 2.35. The molecule has 2 heterocycles. The molecule has 0 radical (unpaired) electrons. The predicted octanol–water partition coefficient (Wildman–Crippen LogP) is 3.29. The first-order valence-electron chi connectivity index (χ1n) is 7.08. The number of alkyl halides is 3. The fourth-order valence-corrected chi connectivity index (χ4v) is 2.72. The quantitative estimate of drug-likeness (QED) is 0.924. The van der Waals surface area contributed by atoms with E-state index in [1.54, 1.807) is 6.07 Å². The Morgan fingerprint density at radius 3 is 2.55 bits per heavy atom. The lowest BCUT2D eigenvalue weighted by Gasteiger charge is -2.31. The van der Waals surface area contributed by atoms with Crippen molar-refractivity contribution in [3.63, 3.8) is 0 Å². The molecule has 1 aliphatic heterocycles. The van der Waals surface area contributed by atoms with Crippen molar-refractivity contribution in [2.24, 2.45) is 5.73 Å². The highest BCUT2D eigenvalue weighted by Crippen LogP contribution is 2.40. The number of nitrogens with two attached hydrogens (primary N) is 1. The lowest BCUT2D eigenvalue weighted by atomic mass is 10.0. The molecule has 1 aromatic heterocycles. The summed E-state index contributed by atoms with van der Waals surface area (Å²) in [4.78, 5) is 1.97. The summed E-state index contributed by atoms with van der Waals surface area (Å²) >= 11 is 0. The minimum atomic E-state index is -4.44. The van der Waals surface area contributed by atoms with Crippen LogP contribution in [-0.4, -0.2) is 24.3 Å². The fourth-order valence-electron chi connectivity index (χ4n) is 2.72. The normalized spacial score (nSPS) is 17.0. The molecule has 0 aliphatic carbocycles. The SMILES string of the molecule is NC1CCN(c2cnoc2-c2ccccc2C(F)(F)F)CC1. The summed E-state index contributed by atoms with van der Waals surface area (Å²) in [6, 6.07) is 5.52. The standard InChI is InChI=1S/C15H16F3N3O/c16-15(17,18)12-4-2-1-3-11(12)14-13(9-20-22-14)21-7-5-10(19)6-8-21/h1-4,9-10H,5-8,19H2. The van der Waals surface area contributed by atoms with Crippen LogP contribution in [0.1, 0.15) is 18.4 Å². The van der Waals surface area contributed by atoms with E-state index in [1.165, 1.54) is 18.3 Å². The van der Waals surface area contributed by atoms with Gasteiger partial charge in [0.1, 0.15) is 5.69 Å². The Hall–Kier alpha value is -2.02. The van der Waals surface area contributed by atoms with Crippen molar-refractivity contribution in [3.8, 4) is 11.3 Å². The van der Waals surface area contributed by atoms with Crippen LogP contribution in [0.4, 0.5) is 18.9 Å². The van der Waals surface area contributed by atoms with Crippen LogP contribution < -0.4 is 10.6 Å². The molecule has 0 saturated carbocycles. The lowest BCUT2D eigenvalue weighted by Crippen LogP contribution is -2.39. The van der Waals surface area contributed by atoms with Crippen LogP contribution in [0.5, 0.6) is 0 Å². The summed E-state index contributed by atoms with van der Waals surface area (Å²) in [6.07, 6.45) is -1.37. The fraction of sp³-hybridized carbons (Fsp3) is 0.400. The van der Waals surface area contributed by atoms with Crippen LogP contribution in [0, 0.1) is 0 Å². The number of hydrogen-bond donors (Lipinski definition) is 1. The maximum Gasteiger partial charge on any atom is 0.417 e. The van der Waals surface area contributed by atoms with Gasteiger partial charge in [-0.1, -0.05) is 23.4 Å². The lowest BCUT2D eigenvalue weighted by molar-refractivity contribution is -0.137. The van der Waals surface area contributed by atoms with Crippen molar-refractivity contribution in [2.45, 2.75) is 25.1 Å². The first-order chi connectivity index (χ1) is 10.5. The molecule has 0 spiro atoms. The molecular formula is C15H16F3N3O. The van der Waals surface area contributed by atoms with E-state index in [4.69, 9.17) is 10.3 Å². The number of rotatable bonds is 2. The Bertz CT molecular complexity index is 645. The second kappa shape index (κ2) is 5.64. The Kier molecular flexibility index (Phi) is 3.82. The van der Waals surface area contributed by atoms with Gasteiger partial charge in [0.2, 0.25) is 0 Å². The van der Waals surface area contributed by atoms with Gasteiger partial charge in [-0.15, -0.1) is 0 Å². The highest BCUT2D eigenvalue weighted by molar-refractivity contribution is 5.75. The zero-order chi connectivity index (χ0) is 15.7. The molecule has 1 fully saturated rings. The molecular weight excluding hydrogens is 295 g/mol. The molecule has 0 atom stereocenters. The smallest absolute Gasteiger partial charge is 0.367 e. The third kappa shape index (κ3) is 2.81. The summed E-state index contributed by atoms with van der Waals surface area (Å²) in [5.41, 5.74) is 5.74. The van der Waals surface area contributed by atoms with E-state index in [-0.39, 0.29) is 17.4 Å². The second-order valence-electron chi connectivity index (χ2n) is 5.41. The zero-order valence-electron chi connectivity index (χ0n) is 11.8. The van der Waals surface area contributed by atoms with Crippen molar-refractivity contribution < 1.29 is 17.7 Å². The number of anilines is 1. The molecule has 0 unspecified atom stereocenters. The molecule has 22 heavy (non-hydrogen) atoms. The highest BCUT2D eigenvalue weighted by atomic mass is 19.4. The van der Waals surface area contributed by atoms with Crippen molar-refractivity contribution in [1.82, 2.24) is 5.16 Å². The number of hydrogen-bond acceptors (Lipinski definition) is 4. The van der Waals surface area contributed by atoms with Crippen LogP contribution >= 0.6 is 0 Å². The molecule has 1 saturated heterocycles. The van der Waals surface area contributed by atoms with Crippen molar-refractivity contribution in [1.29, 1.82) is 0 Å². The van der Waals surface area contributed by atoms with Gasteiger partial charge in [-0.3, -0.25) is 0 Å². The van der Waals surface area contributed by atoms with Gasteiger partial charge in [0.05, 0.1) is 11.8 Å². The zero-order valence-corrected chi connectivity index (χ0v) is 11.8. The Balaban J connectivity index is 1.99. The minimum Gasteiger partial charge on any atom is -0.367 e. The van der Waals surface area contributed by atoms with Crippen molar-refractivity contribution in [3.05, 3.63) is 36.0 Å². The average Bonchev–Trinajstić information content (AvgIpc) is 2.96. The van der Waals surface area contributed by atoms with Gasteiger partial charge in [0, 0.05) is 24.7 Å². The maximum absolute atomic E-state index is 13.2. The van der Waals surface area contributed by atoms with Gasteiger partial charge in [-0.05, 0) is 18.9 Å². The van der Waals surface area contributed by atoms with E-state index in [0.717, 1.165) is 18.9 Å². The van der Waals surface area contributed by atoms with Crippen LogP contribution in [0.2, 0.25) is 0 Å². The summed E-state index contributed by atoms with van der Waals surface area (Å²) in [7, 11) is 0. The average molecular weight is 311 g/mol. The van der Waals surface area contributed by atoms with Gasteiger partial charge in [-0.25, -0.2) is 0 Å². The maximum atomic E-state index is 13.2. The largest absolute Gasteiger partial charge is 0.417 e.